The molecule has 0 bridgehead atoms. The van der Waals surface area contributed by atoms with E-state index in [-0.39, 0.29) is 17.9 Å². The number of piperidine rings is 1. The van der Waals surface area contributed by atoms with Gasteiger partial charge in [0.2, 0.25) is 0 Å². The Morgan fingerprint density at radius 1 is 1.14 bits per heavy atom. The van der Waals surface area contributed by atoms with E-state index in [2.05, 4.69) is 10.3 Å². The van der Waals surface area contributed by atoms with Crippen molar-refractivity contribution in [3.63, 3.8) is 0 Å². The van der Waals surface area contributed by atoms with Crippen LogP contribution in [0.25, 0.3) is 10.6 Å². The van der Waals surface area contributed by atoms with Crippen molar-refractivity contribution < 1.29 is 14.0 Å². The summed E-state index contributed by atoms with van der Waals surface area (Å²) in [6.07, 6.45) is 2.95. The van der Waals surface area contributed by atoms with Crippen LogP contribution in [0.15, 0.2) is 53.1 Å². The first-order valence-corrected chi connectivity index (χ1v) is 10.1. The van der Waals surface area contributed by atoms with Gasteiger partial charge in [-0.05, 0) is 31.9 Å². The number of carbonyl (C=O) groups excluding carboxylic acids is 2. The number of amides is 2. The van der Waals surface area contributed by atoms with Gasteiger partial charge in [-0.3, -0.25) is 9.59 Å². The Morgan fingerprint density at radius 3 is 2.57 bits per heavy atom. The Balaban J connectivity index is 1.36. The van der Waals surface area contributed by atoms with Crippen LogP contribution in [0.4, 0.5) is 0 Å². The summed E-state index contributed by atoms with van der Waals surface area (Å²) in [4.78, 5) is 32.0. The zero-order chi connectivity index (χ0) is 19.5. The van der Waals surface area contributed by atoms with E-state index < -0.39 is 0 Å². The summed E-state index contributed by atoms with van der Waals surface area (Å²) in [7, 11) is 0. The molecule has 0 saturated carbocycles. The number of aromatic nitrogens is 1. The SMILES string of the molecule is Cc1nc(-c2ccccc2)sc1C(=O)NC1CCN(C(=O)c2ccco2)CC1. The van der Waals surface area contributed by atoms with Crippen LogP contribution in [-0.4, -0.2) is 40.8 Å². The number of hydrogen-bond donors (Lipinski definition) is 1. The van der Waals surface area contributed by atoms with E-state index >= 15 is 0 Å². The molecule has 0 aliphatic carbocycles. The molecule has 6 nitrogen and oxygen atoms in total. The van der Waals surface area contributed by atoms with Gasteiger partial charge in [0.1, 0.15) is 9.88 Å². The summed E-state index contributed by atoms with van der Waals surface area (Å²) >= 11 is 1.41. The van der Waals surface area contributed by atoms with Gasteiger partial charge in [-0.2, -0.15) is 0 Å². The van der Waals surface area contributed by atoms with Crippen molar-refractivity contribution in [2.75, 3.05) is 13.1 Å². The molecule has 0 spiro atoms. The van der Waals surface area contributed by atoms with Crippen molar-refractivity contribution in [1.82, 2.24) is 15.2 Å². The maximum Gasteiger partial charge on any atom is 0.289 e. The van der Waals surface area contributed by atoms with Crippen molar-refractivity contribution >= 4 is 23.2 Å². The van der Waals surface area contributed by atoms with Crippen LogP contribution < -0.4 is 5.32 Å². The third-order valence-corrected chi connectivity index (χ3v) is 6.08. The minimum atomic E-state index is -0.0967. The van der Waals surface area contributed by atoms with Gasteiger partial charge >= 0.3 is 0 Å². The summed E-state index contributed by atoms with van der Waals surface area (Å²) in [6, 6.07) is 13.3. The molecule has 1 aliphatic rings. The molecule has 3 aromatic rings. The van der Waals surface area contributed by atoms with Crippen LogP contribution in [0.2, 0.25) is 0 Å². The van der Waals surface area contributed by atoms with E-state index in [4.69, 9.17) is 4.42 Å². The molecule has 2 aromatic heterocycles. The summed E-state index contributed by atoms with van der Waals surface area (Å²) in [5.74, 6) is 0.171. The average molecular weight is 395 g/mol. The van der Waals surface area contributed by atoms with Gasteiger partial charge in [0.25, 0.3) is 11.8 Å². The van der Waals surface area contributed by atoms with Crippen LogP contribution in [0, 0.1) is 6.92 Å². The first kappa shape index (κ1) is 18.4. The average Bonchev–Trinajstić information content (AvgIpc) is 3.39. The lowest BCUT2D eigenvalue weighted by atomic mass is 10.0. The summed E-state index contributed by atoms with van der Waals surface area (Å²) in [6.45, 7) is 3.06. The molecule has 1 saturated heterocycles. The number of carbonyl (C=O) groups is 2. The highest BCUT2D eigenvalue weighted by Crippen LogP contribution is 2.28. The van der Waals surface area contributed by atoms with Crippen LogP contribution in [0.1, 0.15) is 38.8 Å². The van der Waals surface area contributed by atoms with Gasteiger partial charge in [0.15, 0.2) is 5.76 Å². The third-order valence-electron chi connectivity index (χ3n) is 4.87. The second kappa shape index (κ2) is 7.98. The topological polar surface area (TPSA) is 75.4 Å². The van der Waals surface area contributed by atoms with Gasteiger partial charge < -0.3 is 14.6 Å². The largest absolute Gasteiger partial charge is 0.459 e. The van der Waals surface area contributed by atoms with Crippen molar-refractivity contribution in [2.24, 2.45) is 0 Å². The number of likely N-dealkylation sites (tertiary alicyclic amines) is 1. The number of furan rings is 1. The van der Waals surface area contributed by atoms with Gasteiger partial charge in [0.05, 0.1) is 12.0 Å². The van der Waals surface area contributed by atoms with Crippen molar-refractivity contribution in [2.45, 2.75) is 25.8 Å². The molecule has 0 radical (unpaired) electrons. The maximum absolute atomic E-state index is 12.7. The van der Waals surface area contributed by atoms with Crippen molar-refractivity contribution in [1.29, 1.82) is 0 Å². The fourth-order valence-electron chi connectivity index (χ4n) is 3.35. The molecule has 0 unspecified atom stereocenters. The van der Waals surface area contributed by atoms with Crippen LogP contribution in [-0.2, 0) is 0 Å². The van der Waals surface area contributed by atoms with Crippen molar-refractivity contribution in [3.05, 3.63) is 65.1 Å². The minimum absolute atomic E-state index is 0.0508. The smallest absolute Gasteiger partial charge is 0.289 e. The number of benzene rings is 1. The van der Waals surface area contributed by atoms with Crippen molar-refractivity contribution in [3.8, 4) is 10.6 Å². The Hall–Kier alpha value is -2.93. The monoisotopic (exact) mass is 395 g/mol. The number of rotatable bonds is 4. The van der Waals surface area contributed by atoms with E-state index in [1.54, 1.807) is 17.0 Å². The first-order valence-electron chi connectivity index (χ1n) is 9.28. The lowest BCUT2D eigenvalue weighted by Crippen LogP contribution is -2.46. The van der Waals surface area contributed by atoms with Gasteiger partial charge in [0, 0.05) is 24.7 Å². The zero-order valence-electron chi connectivity index (χ0n) is 15.6. The van der Waals surface area contributed by atoms with E-state index in [0.717, 1.165) is 29.1 Å². The molecule has 144 valence electrons. The molecule has 4 rings (SSSR count). The molecular weight excluding hydrogens is 374 g/mol. The predicted octanol–water partition coefficient (Wildman–Crippen LogP) is 3.75. The van der Waals surface area contributed by atoms with Crippen LogP contribution in [0.5, 0.6) is 0 Å². The molecular formula is C21H21N3O3S. The predicted molar refractivity (Wildman–Crippen MR) is 107 cm³/mol. The lowest BCUT2D eigenvalue weighted by Gasteiger charge is -2.31. The highest BCUT2D eigenvalue weighted by atomic mass is 32.1. The molecule has 7 heteroatoms. The highest BCUT2D eigenvalue weighted by molar-refractivity contribution is 7.17. The second-order valence-electron chi connectivity index (χ2n) is 6.82. The summed E-state index contributed by atoms with van der Waals surface area (Å²) < 4.78 is 5.18. The third kappa shape index (κ3) is 3.84. The molecule has 1 fully saturated rings. The maximum atomic E-state index is 12.7. The van der Waals surface area contributed by atoms with Gasteiger partial charge in [-0.1, -0.05) is 30.3 Å². The molecule has 2 amide bonds. The fraction of sp³-hybridized carbons (Fsp3) is 0.286. The first-order chi connectivity index (χ1) is 13.6. The molecule has 3 heterocycles. The van der Waals surface area contributed by atoms with E-state index in [1.807, 2.05) is 37.3 Å². The Bertz CT molecular complexity index is 958. The number of hydrogen-bond acceptors (Lipinski definition) is 5. The van der Waals surface area contributed by atoms with Crippen LogP contribution >= 0.6 is 11.3 Å². The Labute approximate surface area is 167 Å². The van der Waals surface area contributed by atoms with E-state index in [0.29, 0.717) is 23.7 Å². The molecule has 1 aromatic carbocycles. The Morgan fingerprint density at radius 2 is 1.89 bits per heavy atom. The highest BCUT2D eigenvalue weighted by Gasteiger charge is 2.27. The number of aryl methyl sites for hydroxylation is 1. The lowest BCUT2D eigenvalue weighted by molar-refractivity contribution is 0.0667. The normalized spacial score (nSPS) is 14.8. The minimum Gasteiger partial charge on any atom is -0.459 e. The quantitative estimate of drug-likeness (QED) is 0.730. The molecule has 0 atom stereocenters. The Kier molecular flexibility index (Phi) is 5.25. The standard InChI is InChI=1S/C21H21N3O3S/c1-14-18(28-20(22-14)15-6-3-2-4-7-15)19(25)23-16-9-11-24(12-10-16)21(26)17-8-5-13-27-17/h2-8,13,16H,9-12H2,1H3,(H,23,25). The van der Waals surface area contributed by atoms with Gasteiger partial charge in [-0.15, -0.1) is 11.3 Å². The number of nitrogens with zero attached hydrogens (tertiary/aromatic N) is 2. The molecule has 1 N–H and O–H groups in total. The zero-order valence-corrected chi connectivity index (χ0v) is 16.4. The molecule has 1 aliphatic heterocycles. The number of thiazole rings is 1. The summed E-state index contributed by atoms with van der Waals surface area (Å²) in [5, 5.41) is 3.95. The van der Waals surface area contributed by atoms with Crippen LogP contribution in [0.3, 0.4) is 0 Å². The number of nitrogens with one attached hydrogen (secondary N) is 1. The summed E-state index contributed by atoms with van der Waals surface area (Å²) in [5.41, 5.74) is 1.76. The van der Waals surface area contributed by atoms with E-state index in [9.17, 15) is 9.59 Å². The van der Waals surface area contributed by atoms with E-state index in [1.165, 1.54) is 17.6 Å². The molecule has 28 heavy (non-hydrogen) atoms. The second-order valence-corrected chi connectivity index (χ2v) is 7.82. The fourth-order valence-corrected chi connectivity index (χ4v) is 4.32. The van der Waals surface area contributed by atoms with Gasteiger partial charge in [-0.25, -0.2) is 4.98 Å².